The Bertz CT molecular complexity index is 1220. The number of benzene rings is 2. The Labute approximate surface area is 182 Å². The molecule has 1 unspecified atom stereocenters. The van der Waals surface area contributed by atoms with E-state index < -0.39 is 17.7 Å². The Balaban J connectivity index is 1.54. The third kappa shape index (κ3) is 4.85. The molecule has 3 N–H and O–H groups in total. The van der Waals surface area contributed by atoms with Crippen LogP contribution in [0.15, 0.2) is 48.5 Å². The molecule has 0 aliphatic rings. The molecule has 1 atom stereocenters. The van der Waals surface area contributed by atoms with Crippen LogP contribution in [0.2, 0.25) is 0 Å². The summed E-state index contributed by atoms with van der Waals surface area (Å²) in [5.41, 5.74) is 1.75. The summed E-state index contributed by atoms with van der Waals surface area (Å²) in [4.78, 5) is 13.0. The Kier molecular flexibility index (Phi) is 6.02. The van der Waals surface area contributed by atoms with Gasteiger partial charge >= 0.3 is 0 Å². The second-order valence-electron chi connectivity index (χ2n) is 7.08. The summed E-state index contributed by atoms with van der Waals surface area (Å²) in [6, 6.07) is 10.7. The van der Waals surface area contributed by atoms with Crippen molar-refractivity contribution in [3.63, 3.8) is 0 Å². The molecule has 0 aliphatic heterocycles. The van der Waals surface area contributed by atoms with Crippen LogP contribution < -0.4 is 10.6 Å². The van der Waals surface area contributed by atoms with Gasteiger partial charge in [-0.15, -0.1) is 0 Å². The number of aromatic nitrogens is 5. The molecule has 2 aromatic heterocycles. The van der Waals surface area contributed by atoms with E-state index in [-0.39, 0.29) is 23.3 Å². The minimum Gasteiger partial charge on any atom is -0.347 e. The zero-order valence-corrected chi connectivity index (χ0v) is 17.3. The summed E-state index contributed by atoms with van der Waals surface area (Å²) < 4.78 is 40.4. The van der Waals surface area contributed by atoms with E-state index in [0.29, 0.717) is 23.8 Å². The first-order valence-corrected chi connectivity index (χ1v) is 9.96. The van der Waals surface area contributed by atoms with Crippen LogP contribution >= 0.6 is 0 Å². The smallest absolute Gasteiger partial charge is 0.233 e. The average Bonchev–Trinajstić information content (AvgIpc) is 3.22. The maximum atomic E-state index is 14.1. The van der Waals surface area contributed by atoms with Crippen molar-refractivity contribution in [2.24, 2.45) is 0 Å². The van der Waals surface area contributed by atoms with Crippen LogP contribution in [0.3, 0.4) is 0 Å². The van der Waals surface area contributed by atoms with E-state index in [1.165, 1.54) is 24.3 Å². The minimum absolute atomic E-state index is 0.241. The fraction of sp³-hybridized carbons (Fsp3) is 0.182. The SMILES string of the molecule is CCc1nc(Nc2cc(-c3ccc(F)cc3)[nH]n2)nc(NC(C)c2ccc(F)cc2F)n1. The lowest BCUT2D eigenvalue weighted by molar-refractivity contribution is 0.566. The molecule has 0 bridgehead atoms. The molecule has 10 heteroatoms. The molecule has 32 heavy (non-hydrogen) atoms. The highest BCUT2D eigenvalue weighted by Gasteiger charge is 2.15. The second kappa shape index (κ2) is 9.04. The van der Waals surface area contributed by atoms with Crippen molar-refractivity contribution in [3.05, 3.63) is 77.4 Å². The maximum absolute atomic E-state index is 14.1. The van der Waals surface area contributed by atoms with Gasteiger partial charge in [0.1, 0.15) is 23.3 Å². The Morgan fingerprint density at radius 1 is 0.906 bits per heavy atom. The van der Waals surface area contributed by atoms with Crippen LogP contribution in [0.5, 0.6) is 0 Å². The highest BCUT2D eigenvalue weighted by molar-refractivity contribution is 5.64. The molecule has 2 aromatic carbocycles. The van der Waals surface area contributed by atoms with E-state index in [9.17, 15) is 13.2 Å². The van der Waals surface area contributed by atoms with Gasteiger partial charge in [0, 0.05) is 24.1 Å². The molecular formula is C22H20F3N7. The highest BCUT2D eigenvalue weighted by atomic mass is 19.1. The zero-order valence-electron chi connectivity index (χ0n) is 17.3. The molecule has 0 fully saturated rings. The molecule has 0 aliphatic carbocycles. The van der Waals surface area contributed by atoms with E-state index in [1.807, 2.05) is 6.92 Å². The number of hydrogen-bond donors (Lipinski definition) is 3. The van der Waals surface area contributed by atoms with Crippen molar-refractivity contribution in [1.29, 1.82) is 0 Å². The van der Waals surface area contributed by atoms with Crippen LogP contribution in [0.1, 0.15) is 31.3 Å². The normalized spacial score (nSPS) is 11.9. The molecule has 0 saturated carbocycles. The number of H-pyrrole nitrogens is 1. The van der Waals surface area contributed by atoms with Crippen molar-refractivity contribution in [1.82, 2.24) is 25.1 Å². The van der Waals surface area contributed by atoms with Gasteiger partial charge in [0.25, 0.3) is 0 Å². The van der Waals surface area contributed by atoms with Gasteiger partial charge in [-0.05, 0) is 42.8 Å². The summed E-state index contributed by atoms with van der Waals surface area (Å²) in [5.74, 6) is -0.144. The number of aryl methyl sites for hydroxylation is 1. The van der Waals surface area contributed by atoms with E-state index in [4.69, 9.17) is 0 Å². The lowest BCUT2D eigenvalue weighted by Crippen LogP contribution is -2.14. The van der Waals surface area contributed by atoms with Gasteiger partial charge in [-0.25, -0.2) is 13.2 Å². The molecule has 4 rings (SSSR count). The number of hydrogen-bond acceptors (Lipinski definition) is 6. The van der Waals surface area contributed by atoms with E-state index >= 15 is 0 Å². The topological polar surface area (TPSA) is 91.4 Å². The van der Waals surface area contributed by atoms with Crippen LogP contribution in [0.4, 0.5) is 30.9 Å². The predicted octanol–water partition coefficient (Wildman–Crippen LogP) is 5.16. The fourth-order valence-corrected chi connectivity index (χ4v) is 3.10. The van der Waals surface area contributed by atoms with Crippen LogP contribution in [0.25, 0.3) is 11.3 Å². The molecule has 0 radical (unpaired) electrons. The summed E-state index contributed by atoms with van der Waals surface area (Å²) in [6.45, 7) is 3.62. The summed E-state index contributed by atoms with van der Waals surface area (Å²) in [7, 11) is 0. The molecule has 0 spiro atoms. The van der Waals surface area contributed by atoms with Crippen molar-refractivity contribution in [3.8, 4) is 11.3 Å². The van der Waals surface area contributed by atoms with Gasteiger partial charge < -0.3 is 10.6 Å². The number of aromatic amines is 1. The molecule has 2 heterocycles. The first-order chi connectivity index (χ1) is 15.4. The molecule has 164 valence electrons. The van der Waals surface area contributed by atoms with E-state index in [1.54, 1.807) is 25.1 Å². The van der Waals surface area contributed by atoms with Crippen molar-refractivity contribution >= 4 is 17.7 Å². The van der Waals surface area contributed by atoms with Crippen LogP contribution in [-0.2, 0) is 6.42 Å². The van der Waals surface area contributed by atoms with Crippen LogP contribution in [-0.4, -0.2) is 25.1 Å². The molecule has 4 aromatic rings. The van der Waals surface area contributed by atoms with Gasteiger partial charge in [-0.3, -0.25) is 5.10 Å². The lowest BCUT2D eigenvalue weighted by atomic mass is 10.1. The quantitative estimate of drug-likeness (QED) is 0.369. The van der Waals surface area contributed by atoms with Crippen molar-refractivity contribution < 1.29 is 13.2 Å². The Hall–Kier alpha value is -3.95. The van der Waals surface area contributed by atoms with Gasteiger partial charge in [0.15, 0.2) is 5.82 Å². The Morgan fingerprint density at radius 3 is 2.34 bits per heavy atom. The van der Waals surface area contributed by atoms with Gasteiger partial charge in [-0.2, -0.15) is 20.1 Å². The lowest BCUT2D eigenvalue weighted by Gasteiger charge is -2.16. The first-order valence-electron chi connectivity index (χ1n) is 9.96. The monoisotopic (exact) mass is 439 g/mol. The fourth-order valence-electron chi connectivity index (χ4n) is 3.10. The molecule has 0 amide bonds. The number of halogens is 3. The first kappa shape index (κ1) is 21.3. The molecular weight excluding hydrogens is 419 g/mol. The van der Waals surface area contributed by atoms with E-state index in [2.05, 4.69) is 35.8 Å². The van der Waals surface area contributed by atoms with Gasteiger partial charge in [-0.1, -0.05) is 13.0 Å². The predicted molar refractivity (Wildman–Crippen MR) is 115 cm³/mol. The minimum atomic E-state index is -0.655. The number of nitrogens with zero attached hydrogens (tertiary/aromatic N) is 4. The second-order valence-corrected chi connectivity index (χ2v) is 7.08. The van der Waals surface area contributed by atoms with Gasteiger partial charge in [0.2, 0.25) is 11.9 Å². The maximum Gasteiger partial charge on any atom is 0.233 e. The number of anilines is 3. The number of nitrogens with one attached hydrogen (secondary N) is 3. The average molecular weight is 439 g/mol. The third-order valence-corrected chi connectivity index (χ3v) is 4.75. The summed E-state index contributed by atoms with van der Waals surface area (Å²) >= 11 is 0. The zero-order chi connectivity index (χ0) is 22.7. The van der Waals surface area contributed by atoms with E-state index in [0.717, 1.165) is 11.6 Å². The largest absolute Gasteiger partial charge is 0.347 e. The molecule has 0 saturated heterocycles. The standard InChI is InChI=1S/C22H20F3N7/c1-3-19-27-21(26-12(2)16-9-8-15(24)10-17(16)25)30-22(28-19)29-20-11-18(31-32-20)13-4-6-14(23)7-5-13/h4-12H,3H2,1-2H3,(H3,26,27,28,29,30,31,32). The van der Waals surface area contributed by atoms with Crippen LogP contribution in [0, 0.1) is 17.5 Å². The third-order valence-electron chi connectivity index (χ3n) is 4.75. The van der Waals surface area contributed by atoms with Gasteiger partial charge in [0.05, 0.1) is 11.7 Å². The van der Waals surface area contributed by atoms with Crippen molar-refractivity contribution in [2.45, 2.75) is 26.3 Å². The molecule has 7 nitrogen and oxygen atoms in total. The summed E-state index contributed by atoms with van der Waals surface area (Å²) in [6.07, 6.45) is 0.548. The van der Waals surface area contributed by atoms with Crippen molar-refractivity contribution in [2.75, 3.05) is 10.6 Å². The highest BCUT2D eigenvalue weighted by Crippen LogP contribution is 2.24. The Morgan fingerprint density at radius 2 is 1.62 bits per heavy atom. The number of rotatable bonds is 7. The summed E-state index contributed by atoms with van der Waals surface area (Å²) in [5, 5.41) is 13.1.